The molecule has 2 atom stereocenters. The smallest absolute Gasteiger partial charge is 0.379 e. The van der Waals surface area contributed by atoms with E-state index < -0.39 is 17.7 Å². The molecule has 3 heterocycles. The minimum absolute atomic E-state index is 0.000759. The number of alkyl halides is 3. The monoisotopic (exact) mass is 427 g/mol. The number of ether oxygens (including phenoxy) is 1. The molecule has 2 aromatic heterocycles. The lowest BCUT2D eigenvalue weighted by Gasteiger charge is -2.32. The summed E-state index contributed by atoms with van der Waals surface area (Å²) in [5.74, 6) is -0.448. The van der Waals surface area contributed by atoms with E-state index in [1.165, 1.54) is 0 Å². The summed E-state index contributed by atoms with van der Waals surface area (Å²) in [6, 6.07) is 1.18. The van der Waals surface area contributed by atoms with Crippen molar-refractivity contribution in [1.29, 1.82) is 0 Å². The lowest BCUT2D eigenvalue weighted by molar-refractivity contribution is -0.140. The van der Waals surface area contributed by atoms with Crippen LogP contribution in [0, 0.1) is 5.95 Å². The van der Waals surface area contributed by atoms with Crippen molar-refractivity contribution in [2.45, 2.75) is 57.3 Å². The van der Waals surface area contributed by atoms with Crippen LogP contribution in [0.2, 0.25) is 0 Å². The zero-order chi connectivity index (χ0) is 21.5. The Morgan fingerprint density at radius 1 is 1.17 bits per heavy atom. The van der Waals surface area contributed by atoms with Crippen LogP contribution in [0.1, 0.15) is 56.5 Å². The van der Waals surface area contributed by atoms with Crippen molar-refractivity contribution in [2.24, 2.45) is 0 Å². The van der Waals surface area contributed by atoms with E-state index in [2.05, 4.69) is 20.0 Å². The number of hydrogen-bond acceptors (Lipinski definition) is 5. The minimum Gasteiger partial charge on any atom is -0.379 e. The molecule has 0 spiro atoms. The third-order valence-electron chi connectivity index (χ3n) is 5.88. The van der Waals surface area contributed by atoms with Crippen LogP contribution in [0.15, 0.2) is 12.3 Å². The molecule has 1 saturated carbocycles. The third kappa shape index (κ3) is 4.20. The molecule has 0 bridgehead atoms. The Labute approximate surface area is 172 Å². The molecule has 1 saturated heterocycles. The number of hydrogen-bond donors (Lipinski definition) is 0. The quantitative estimate of drug-likeness (QED) is 0.544. The molecule has 6 nitrogen and oxygen atoms in total. The first-order valence-corrected chi connectivity index (χ1v) is 10.3. The largest absolute Gasteiger partial charge is 0.420 e. The molecule has 2 aliphatic rings. The van der Waals surface area contributed by atoms with Crippen molar-refractivity contribution in [2.75, 3.05) is 26.3 Å². The molecule has 1 aliphatic carbocycles. The number of pyridine rings is 1. The fourth-order valence-electron chi connectivity index (χ4n) is 4.35. The average molecular weight is 427 g/mol. The fourth-order valence-corrected chi connectivity index (χ4v) is 4.35. The first kappa shape index (κ1) is 21.2. The van der Waals surface area contributed by atoms with Crippen LogP contribution in [0.25, 0.3) is 11.4 Å². The van der Waals surface area contributed by atoms with Gasteiger partial charge in [-0.05, 0) is 39.2 Å². The lowest BCUT2D eigenvalue weighted by Crippen LogP contribution is -2.42. The van der Waals surface area contributed by atoms with Gasteiger partial charge < -0.3 is 4.74 Å². The molecule has 164 valence electrons. The summed E-state index contributed by atoms with van der Waals surface area (Å²) in [5, 5.41) is 4.46. The summed E-state index contributed by atoms with van der Waals surface area (Å²) < 4.78 is 60.0. The number of nitrogens with zero attached hydrogens (tertiary/aromatic N) is 5. The summed E-state index contributed by atoms with van der Waals surface area (Å²) in [6.07, 6.45) is -0.850. The van der Waals surface area contributed by atoms with Crippen LogP contribution >= 0.6 is 0 Å². The van der Waals surface area contributed by atoms with Crippen LogP contribution in [0.3, 0.4) is 0 Å². The fraction of sp³-hybridized carbons (Fsp3) is 0.650. The van der Waals surface area contributed by atoms with Gasteiger partial charge in [0, 0.05) is 42.9 Å². The van der Waals surface area contributed by atoms with Crippen molar-refractivity contribution in [3.8, 4) is 11.4 Å². The maximum absolute atomic E-state index is 13.6. The number of halogens is 4. The second-order valence-corrected chi connectivity index (χ2v) is 8.20. The van der Waals surface area contributed by atoms with Crippen molar-refractivity contribution < 1.29 is 22.3 Å². The zero-order valence-electron chi connectivity index (χ0n) is 17.0. The van der Waals surface area contributed by atoms with Crippen LogP contribution < -0.4 is 0 Å². The Morgan fingerprint density at radius 3 is 2.57 bits per heavy atom. The van der Waals surface area contributed by atoms with Crippen molar-refractivity contribution in [1.82, 2.24) is 24.6 Å². The molecule has 0 unspecified atom stereocenters. The van der Waals surface area contributed by atoms with Crippen molar-refractivity contribution in [3.63, 3.8) is 0 Å². The van der Waals surface area contributed by atoms with Crippen LogP contribution in [-0.2, 0) is 10.9 Å². The van der Waals surface area contributed by atoms with E-state index in [0.29, 0.717) is 6.04 Å². The molecule has 2 aromatic rings. The predicted molar refractivity (Wildman–Crippen MR) is 101 cm³/mol. The topological polar surface area (TPSA) is 56.1 Å². The highest BCUT2D eigenvalue weighted by Crippen LogP contribution is 2.38. The molecule has 2 fully saturated rings. The maximum atomic E-state index is 13.6. The summed E-state index contributed by atoms with van der Waals surface area (Å²) in [4.78, 5) is 10.3. The Hall–Kier alpha value is -2.07. The van der Waals surface area contributed by atoms with Gasteiger partial charge in [-0.15, -0.1) is 0 Å². The molecule has 0 amide bonds. The van der Waals surface area contributed by atoms with Gasteiger partial charge in [0.05, 0.1) is 13.2 Å². The standard InChI is InChI=1S/C20H25F4N5O/c1-12(2)29-19(13-3-4-15(9-13)28-5-7-30-8-6-28)26-18(27-29)14-10-16(20(22,23)24)17(21)25-11-14/h10-13,15H,3-9H2,1-2H3/t13-,15+/m1/s1. The van der Waals surface area contributed by atoms with Crippen molar-refractivity contribution in [3.05, 3.63) is 29.6 Å². The SMILES string of the molecule is CC(C)n1nc(-c2cnc(F)c(C(F)(F)F)c2)nc1[C@@H]1CC[C@H](N2CCOCC2)C1. The molecule has 0 N–H and O–H groups in total. The summed E-state index contributed by atoms with van der Waals surface area (Å²) in [5.41, 5.74) is -1.34. The van der Waals surface area contributed by atoms with Gasteiger partial charge in [0.15, 0.2) is 5.82 Å². The molecule has 0 aromatic carbocycles. The Balaban J connectivity index is 1.62. The van der Waals surface area contributed by atoms with Crippen LogP contribution in [0.4, 0.5) is 17.6 Å². The van der Waals surface area contributed by atoms with Crippen LogP contribution in [0.5, 0.6) is 0 Å². The second-order valence-electron chi connectivity index (χ2n) is 8.20. The molecule has 4 rings (SSSR count). The Morgan fingerprint density at radius 2 is 1.90 bits per heavy atom. The van der Waals surface area contributed by atoms with Gasteiger partial charge in [0.25, 0.3) is 0 Å². The van der Waals surface area contributed by atoms with Gasteiger partial charge in [-0.2, -0.15) is 22.7 Å². The highest BCUT2D eigenvalue weighted by atomic mass is 19.4. The van der Waals surface area contributed by atoms with Gasteiger partial charge >= 0.3 is 6.18 Å². The van der Waals surface area contributed by atoms with Gasteiger partial charge in [0.1, 0.15) is 11.4 Å². The summed E-state index contributed by atoms with van der Waals surface area (Å²) in [6.45, 7) is 7.24. The molecule has 10 heteroatoms. The zero-order valence-corrected chi connectivity index (χ0v) is 17.0. The highest BCUT2D eigenvalue weighted by molar-refractivity contribution is 5.54. The number of aromatic nitrogens is 4. The van der Waals surface area contributed by atoms with Gasteiger partial charge in [-0.25, -0.2) is 14.6 Å². The molecule has 30 heavy (non-hydrogen) atoms. The highest BCUT2D eigenvalue weighted by Gasteiger charge is 2.37. The van der Waals surface area contributed by atoms with Crippen molar-refractivity contribution >= 4 is 0 Å². The average Bonchev–Trinajstić information content (AvgIpc) is 3.35. The van der Waals surface area contributed by atoms with E-state index in [0.717, 1.165) is 63.7 Å². The summed E-state index contributed by atoms with van der Waals surface area (Å²) in [7, 11) is 0. The third-order valence-corrected chi connectivity index (χ3v) is 5.88. The molecule has 1 aliphatic heterocycles. The van der Waals surface area contributed by atoms with E-state index in [-0.39, 0.29) is 23.3 Å². The number of morpholine rings is 1. The van der Waals surface area contributed by atoms with E-state index >= 15 is 0 Å². The van der Waals surface area contributed by atoms with E-state index in [1.807, 2.05) is 13.8 Å². The van der Waals surface area contributed by atoms with E-state index in [4.69, 9.17) is 4.74 Å². The van der Waals surface area contributed by atoms with Crippen LogP contribution in [-0.4, -0.2) is 57.0 Å². The first-order valence-electron chi connectivity index (χ1n) is 10.3. The lowest BCUT2D eigenvalue weighted by atomic mass is 10.1. The maximum Gasteiger partial charge on any atom is 0.420 e. The summed E-state index contributed by atoms with van der Waals surface area (Å²) >= 11 is 0. The molecular weight excluding hydrogens is 402 g/mol. The Bertz CT molecular complexity index is 892. The number of rotatable bonds is 4. The minimum atomic E-state index is -4.83. The van der Waals surface area contributed by atoms with E-state index in [9.17, 15) is 17.6 Å². The molecule has 0 radical (unpaired) electrons. The Kier molecular flexibility index (Phi) is 5.80. The normalized spacial score (nSPS) is 23.4. The second kappa shape index (κ2) is 8.22. The van der Waals surface area contributed by atoms with E-state index in [1.54, 1.807) is 4.68 Å². The first-order chi connectivity index (χ1) is 14.2. The van der Waals surface area contributed by atoms with Gasteiger partial charge in [-0.1, -0.05) is 0 Å². The molecular formula is C20H25F4N5O. The van der Waals surface area contributed by atoms with Gasteiger partial charge in [0.2, 0.25) is 5.95 Å². The predicted octanol–water partition coefficient (Wildman–Crippen LogP) is 4.05. The van der Waals surface area contributed by atoms with Gasteiger partial charge in [-0.3, -0.25) is 4.90 Å².